The van der Waals surface area contributed by atoms with Gasteiger partial charge in [-0.1, -0.05) is 60.1 Å². The second-order valence-electron chi connectivity index (χ2n) is 7.76. The highest BCUT2D eigenvalue weighted by Gasteiger charge is 2.16. The van der Waals surface area contributed by atoms with Gasteiger partial charge in [0.25, 0.3) is 0 Å². The molecule has 0 atom stereocenters. The molecule has 3 aromatic carbocycles. The van der Waals surface area contributed by atoms with Gasteiger partial charge in [-0.2, -0.15) is 0 Å². The van der Waals surface area contributed by atoms with Crippen LogP contribution in [0.1, 0.15) is 30.9 Å². The molecule has 0 unspecified atom stereocenters. The van der Waals surface area contributed by atoms with E-state index in [0.29, 0.717) is 24.1 Å². The Kier molecular flexibility index (Phi) is 9.54. The second-order valence-corrected chi connectivity index (χ2v) is 7.76. The van der Waals surface area contributed by atoms with Crippen molar-refractivity contribution >= 4 is 28.7 Å². The minimum absolute atomic E-state index is 0. The van der Waals surface area contributed by atoms with E-state index in [-0.39, 0.29) is 43.2 Å². The van der Waals surface area contributed by atoms with Crippen molar-refractivity contribution in [1.29, 1.82) is 0 Å². The van der Waals surface area contributed by atoms with Crippen LogP contribution in [0.15, 0.2) is 85.1 Å². The van der Waals surface area contributed by atoms with Crippen LogP contribution in [0.5, 0.6) is 0 Å². The van der Waals surface area contributed by atoms with Crippen molar-refractivity contribution in [2.75, 3.05) is 5.32 Å². The standard InChI is InChI=1S/C27H25N3O4.HI/c1-2-8-26(31)33-19-22-13-14-23(30-16-15-21-11-6-7-12-24(21)29-30)17-25(22)28-27(32)34-18-20-9-4-3-5-10-20;/h3-7,9-17H,2,8,18-19H2,1H3;1H. The van der Waals surface area contributed by atoms with E-state index in [1.165, 1.54) is 0 Å². The minimum Gasteiger partial charge on any atom is -1.00 e. The average molecular weight is 583 g/mol. The van der Waals surface area contributed by atoms with E-state index in [9.17, 15) is 9.59 Å². The van der Waals surface area contributed by atoms with E-state index in [1.54, 1.807) is 10.7 Å². The number of nitrogens with zero attached hydrogens (tertiary/aromatic N) is 2. The van der Waals surface area contributed by atoms with Gasteiger partial charge in [0.2, 0.25) is 11.9 Å². The third-order valence-corrected chi connectivity index (χ3v) is 5.20. The SMILES string of the molecule is CCCC(=O)OCc1ccc(-[n+]2ccc3ccccc3n2)cc1NC(=O)OCc1ccccc1.[I-]. The lowest BCUT2D eigenvalue weighted by Gasteiger charge is -2.12. The molecule has 0 spiro atoms. The van der Waals surface area contributed by atoms with Gasteiger partial charge in [-0.3, -0.25) is 10.1 Å². The first-order valence-corrected chi connectivity index (χ1v) is 11.2. The van der Waals surface area contributed by atoms with Crippen molar-refractivity contribution < 1.29 is 47.7 Å². The summed E-state index contributed by atoms with van der Waals surface area (Å²) in [6, 6.07) is 24.7. The van der Waals surface area contributed by atoms with Crippen LogP contribution in [0.4, 0.5) is 10.5 Å². The molecule has 7 nitrogen and oxygen atoms in total. The summed E-state index contributed by atoms with van der Waals surface area (Å²) in [6.07, 6.45) is 2.31. The largest absolute Gasteiger partial charge is 1.00 e. The number of carbonyl (C=O) groups excluding carboxylic acids is 2. The Morgan fingerprint density at radius 2 is 1.69 bits per heavy atom. The number of aromatic nitrogens is 2. The normalized spacial score (nSPS) is 10.3. The van der Waals surface area contributed by atoms with E-state index in [1.807, 2.05) is 85.9 Å². The van der Waals surface area contributed by atoms with Gasteiger partial charge in [0.1, 0.15) is 18.7 Å². The zero-order valence-corrected chi connectivity index (χ0v) is 21.5. The number of hydrogen-bond donors (Lipinski definition) is 1. The fourth-order valence-corrected chi connectivity index (χ4v) is 3.42. The molecule has 0 aliphatic rings. The molecule has 0 radical (unpaired) electrons. The number of ether oxygens (including phenoxy) is 2. The van der Waals surface area contributed by atoms with Crippen LogP contribution in [-0.2, 0) is 27.5 Å². The van der Waals surface area contributed by atoms with Gasteiger partial charge in [0.05, 0.1) is 5.69 Å². The lowest BCUT2D eigenvalue weighted by atomic mass is 10.1. The number of amides is 1. The predicted molar refractivity (Wildman–Crippen MR) is 128 cm³/mol. The lowest BCUT2D eigenvalue weighted by Crippen LogP contribution is -3.00. The monoisotopic (exact) mass is 583 g/mol. The second kappa shape index (κ2) is 12.8. The molecular weight excluding hydrogens is 557 g/mol. The Balaban J connectivity index is 0.00000342. The summed E-state index contributed by atoms with van der Waals surface area (Å²) in [6.45, 7) is 2.11. The molecule has 4 rings (SSSR count). The highest BCUT2D eigenvalue weighted by Crippen LogP contribution is 2.20. The molecule has 8 heteroatoms. The summed E-state index contributed by atoms with van der Waals surface area (Å²) >= 11 is 0. The minimum atomic E-state index is -0.599. The van der Waals surface area contributed by atoms with Gasteiger partial charge in [-0.05, 0) is 24.1 Å². The van der Waals surface area contributed by atoms with Crippen LogP contribution in [0, 0.1) is 0 Å². The molecule has 4 aromatic rings. The third-order valence-electron chi connectivity index (χ3n) is 5.20. The van der Waals surface area contributed by atoms with E-state index in [4.69, 9.17) is 9.47 Å². The third kappa shape index (κ3) is 7.22. The highest BCUT2D eigenvalue weighted by atomic mass is 127. The van der Waals surface area contributed by atoms with E-state index < -0.39 is 6.09 Å². The van der Waals surface area contributed by atoms with Gasteiger partial charge in [0.15, 0.2) is 0 Å². The number of carbonyl (C=O) groups is 2. The Morgan fingerprint density at radius 1 is 0.914 bits per heavy atom. The zero-order chi connectivity index (χ0) is 23.8. The smallest absolute Gasteiger partial charge is 0.411 e. The van der Waals surface area contributed by atoms with Crippen LogP contribution in [0.25, 0.3) is 16.6 Å². The molecule has 1 aromatic heterocycles. The fraction of sp³-hybridized carbons (Fsp3) is 0.185. The maximum Gasteiger partial charge on any atom is 0.411 e. The molecule has 0 aliphatic carbocycles. The van der Waals surface area contributed by atoms with Crippen molar-refractivity contribution in [3.63, 3.8) is 0 Å². The van der Waals surface area contributed by atoms with Crippen molar-refractivity contribution in [3.8, 4) is 5.69 Å². The number of anilines is 1. The Bertz CT molecular complexity index is 1300. The molecule has 0 fully saturated rings. The highest BCUT2D eigenvalue weighted by molar-refractivity contribution is 5.86. The quantitative estimate of drug-likeness (QED) is 0.195. The van der Waals surface area contributed by atoms with E-state index >= 15 is 0 Å². The van der Waals surface area contributed by atoms with Crippen LogP contribution < -0.4 is 34.0 Å². The molecule has 180 valence electrons. The molecule has 0 saturated heterocycles. The van der Waals surface area contributed by atoms with Crippen molar-refractivity contribution in [3.05, 3.63) is 96.2 Å². The Hall–Kier alpha value is -3.53. The molecule has 1 N–H and O–H groups in total. The first-order valence-electron chi connectivity index (χ1n) is 11.2. The number of esters is 1. The molecule has 1 amide bonds. The number of fused-ring (bicyclic) bond motifs is 1. The first kappa shape index (κ1) is 26.1. The van der Waals surface area contributed by atoms with Gasteiger partial charge < -0.3 is 33.5 Å². The summed E-state index contributed by atoms with van der Waals surface area (Å²) in [7, 11) is 0. The van der Waals surface area contributed by atoms with Crippen LogP contribution in [-0.4, -0.2) is 17.2 Å². The van der Waals surface area contributed by atoms with Crippen LogP contribution in [0.2, 0.25) is 0 Å². The molecule has 0 bridgehead atoms. The summed E-state index contributed by atoms with van der Waals surface area (Å²) in [4.78, 5) is 24.4. The van der Waals surface area contributed by atoms with Gasteiger partial charge in [-0.25, -0.2) is 4.79 Å². The Labute approximate surface area is 221 Å². The van der Waals surface area contributed by atoms with Gasteiger partial charge in [-0.15, -0.1) is 0 Å². The molecule has 35 heavy (non-hydrogen) atoms. The summed E-state index contributed by atoms with van der Waals surface area (Å²) in [5.74, 6) is -0.283. The Morgan fingerprint density at radius 3 is 2.49 bits per heavy atom. The summed E-state index contributed by atoms with van der Waals surface area (Å²) < 4.78 is 12.5. The average Bonchev–Trinajstić information content (AvgIpc) is 2.87. The number of rotatable bonds is 8. The molecule has 0 saturated carbocycles. The number of benzene rings is 3. The maximum atomic E-state index is 12.5. The van der Waals surface area contributed by atoms with Crippen molar-refractivity contribution in [1.82, 2.24) is 5.10 Å². The number of hydrogen-bond acceptors (Lipinski definition) is 5. The molecule has 0 aliphatic heterocycles. The fourth-order valence-electron chi connectivity index (χ4n) is 3.42. The topological polar surface area (TPSA) is 81.4 Å². The van der Waals surface area contributed by atoms with Gasteiger partial charge >= 0.3 is 12.1 Å². The van der Waals surface area contributed by atoms with Crippen molar-refractivity contribution in [2.45, 2.75) is 33.0 Å². The number of nitrogens with one attached hydrogen (secondary N) is 1. The van der Waals surface area contributed by atoms with Crippen LogP contribution >= 0.6 is 0 Å². The predicted octanol–water partition coefficient (Wildman–Crippen LogP) is 2.11. The van der Waals surface area contributed by atoms with E-state index in [0.717, 1.165) is 22.2 Å². The van der Waals surface area contributed by atoms with E-state index in [2.05, 4.69) is 10.4 Å². The van der Waals surface area contributed by atoms with Crippen LogP contribution in [0.3, 0.4) is 0 Å². The van der Waals surface area contributed by atoms with Gasteiger partial charge in [0, 0.05) is 40.7 Å². The zero-order valence-electron chi connectivity index (χ0n) is 19.3. The molecule has 1 heterocycles. The lowest BCUT2D eigenvalue weighted by molar-refractivity contribution is -0.657. The summed E-state index contributed by atoms with van der Waals surface area (Å²) in [5, 5.41) is 8.48. The summed E-state index contributed by atoms with van der Waals surface area (Å²) in [5.41, 5.74) is 3.62. The first-order chi connectivity index (χ1) is 16.6. The van der Waals surface area contributed by atoms with Crippen molar-refractivity contribution in [2.24, 2.45) is 0 Å². The maximum absolute atomic E-state index is 12.5. The number of halogens is 1. The molecular formula is C27H26IN3O4.